The van der Waals surface area contributed by atoms with Crippen LogP contribution >= 0.6 is 28.3 Å². The third-order valence-corrected chi connectivity index (χ3v) is 3.78. The van der Waals surface area contributed by atoms with Crippen LogP contribution in [0.4, 0.5) is 0 Å². The Morgan fingerprint density at radius 3 is 2.33 bits per heavy atom. The lowest BCUT2D eigenvalue weighted by atomic mass is 9.82. The van der Waals surface area contributed by atoms with Crippen molar-refractivity contribution < 1.29 is 0 Å². The highest BCUT2D eigenvalue weighted by molar-refractivity contribution is 9.10. The number of benzene rings is 1. The van der Waals surface area contributed by atoms with Gasteiger partial charge in [0.1, 0.15) is 0 Å². The van der Waals surface area contributed by atoms with E-state index in [1.165, 1.54) is 16.7 Å². The predicted molar refractivity (Wildman–Crippen MR) is 69.6 cm³/mol. The monoisotopic (exact) mass is 290 g/mol. The van der Waals surface area contributed by atoms with Crippen molar-refractivity contribution in [3.63, 3.8) is 0 Å². The molecule has 0 spiro atoms. The van der Waals surface area contributed by atoms with Crippen molar-refractivity contribution in [1.82, 2.24) is 5.32 Å². The van der Waals surface area contributed by atoms with Crippen LogP contribution < -0.4 is 11.1 Å². The Morgan fingerprint density at radius 2 is 1.87 bits per heavy atom. The fourth-order valence-electron chi connectivity index (χ4n) is 1.90. The van der Waals surface area contributed by atoms with E-state index in [1.807, 2.05) is 0 Å². The molecule has 4 heteroatoms. The van der Waals surface area contributed by atoms with Crippen molar-refractivity contribution >= 4 is 28.3 Å². The summed E-state index contributed by atoms with van der Waals surface area (Å²) in [4.78, 5) is 0. The molecule has 0 aromatic heterocycles. The highest BCUT2D eigenvalue weighted by Crippen LogP contribution is 2.29. The van der Waals surface area contributed by atoms with Crippen molar-refractivity contribution in [2.45, 2.75) is 19.4 Å². The number of hydrogen-bond acceptors (Lipinski definition) is 2. The summed E-state index contributed by atoms with van der Waals surface area (Å²) in [6, 6.07) is 4.35. The Balaban J connectivity index is 0.00000112. The molecule has 0 bridgehead atoms. The molecule has 0 atom stereocenters. The molecule has 1 fully saturated rings. The second-order valence-electron chi connectivity index (χ2n) is 4.18. The van der Waals surface area contributed by atoms with Crippen LogP contribution in [-0.4, -0.2) is 13.1 Å². The van der Waals surface area contributed by atoms with Gasteiger partial charge in [0, 0.05) is 17.6 Å². The Hall–Kier alpha value is -0.0900. The Kier molecular flexibility index (Phi) is 3.82. The Labute approximate surface area is 105 Å². The van der Waals surface area contributed by atoms with E-state index in [2.05, 4.69) is 47.2 Å². The number of aryl methyl sites for hydroxylation is 2. The number of rotatable bonds is 1. The second-order valence-corrected chi connectivity index (χ2v) is 5.03. The summed E-state index contributed by atoms with van der Waals surface area (Å²) in [6.07, 6.45) is 0. The summed E-state index contributed by atoms with van der Waals surface area (Å²) < 4.78 is 1.16. The van der Waals surface area contributed by atoms with E-state index in [-0.39, 0.29) is 17.9 Å². The van der Waals surface area contributed by atoms with Crippen LogP contribution in [0.15, 0.2) is 16.6 Å². The highest BCUT2D eigenvalue weighted by Gasteiger charge is 2.35. The molecule has 1 saturated heterocycles. The van der Waals surface area contributed by atoms with E-state index in [9.17, 15) is 0 Å². The Bertz CT molecular complexity index is 375. The molecule has 3 N–H and O–H groups in total. The topological polar surface area (TPSA) is 38.0 Å². The zero-order chi connectivity index (χ0) is 10.3. The smallest absolute Gasteiger partial charge is 0.0665 e. The van der Waals surface area contributed by atoms with E-state index in [0.29, 0.717) is 0 Å². The highest BCUT2D eigenvalue weighted by atomic mass is 79.9. The molecule has 1 aromatic rings. The average Bonchev–Trinajstić information content (AvgIpc) is 2.07. The van der Waals surface area contributed by atoms with E-state index in [4.69, 9.17) is 5.73 Å². The molecule has 0 amide bonds. The fraction of sp³-hybridized carbons (Fsp3) is 0.455. The molecule has 1 aliphatic heterocycles. The van der Waals surface area contributed by atoms with E-state index < -0.39 is 0 Å². The number of halogens is 2. The maximum Gasteiger partial charge on any atom is 0.0665 e. The lowest BCUT2D eigenvalue weighted by Gasteiger charge is -2.40. The number of nitrogens with one attached hydrogen (secondary N) is 1. The molecule has 2 nitrogen and oxygen atoms in total. The van der Waals surface area contributed by atoms with E-state index in [1.54, 1.807) is 0 Å². The molecule has 15 heavy (non-hydrogen) atoms. The normalized spacial score (nSPS) is 17.9. The van der Waals surface area contributed by atoms with Crippen molar-refractivity contribution in [2.24, 2.45) is 5.73 Å². The van der Waals surface area contributed by atoms with Crippen LogP contribution in [0, 0.1) is 13.8 Å². The van der Waals surface area contributed by atoms with Crippen LogP contribution in [0.1, 0.15) is 16.7 Å². The van der Waals surface area contributed by atoms with Gasteiger partial charge in [-0.3, -0.25) is 0 Å². The molecule has 1 heterocycles. The van der Waals surface area contributed by atoms with Gasteiger partial charge in [-0.1, -0.05) is 22.0 Å². The first-order valence-electron chi connectivity index (χ1n) is 4.80. The lowest BCUT2D eigenvalue weighted by molar-refractivity contribution is 0.286. The summed E-state index contributed by atoms with van der Waals surface area (Å²) in [5.74, 6) is 0. The summed E-state index contributed by atoms with van der Waals surface area (Å²) in [7, 11) is 0. The summed E-state index contributed by atoms with van der Waals surface area (Å²) >= 11 is 3.53. The molecule has 0 radical (unpaired) electrons. The molecule has 1 aliphatic rings. The molecule has 0 saturated carbocycles. The second kappa shape index (κ2) is 4.42. The van der Waals surface area contributed by atoms with Gasteiger partial charge in [0.25, 0.3) is 0 Å². The van der Waals surface area contributed by atoms with Crippen LogP contribution in [0.3, 0.4) is 0 Å². The first-order chi connectivity index (χ1) is 6.53. The van der Waals surface area contributed by atoms with Gasteiger partial charge in [0.2, 0.25) is 0 Å². The molecule has 0 unspecified atom stereocenters. The SMILES string of the molecule is Cc1cc(C2(N)CNC2)c(C)cc1Br.Cl. The molecular weight excluding hydrogens is 275 g/mol. The maximum atomic E-state index is 6.27. The largest absolute Gasteiger partial charge is 0.319 e. The van der Waals surface area contributed by atoms with Gasteiger partial charge in [-0.05, 0) is 36.6 Å². The summed E-state index contributed by atoms with van der Waals surface area (Å²) in [5.41, 5.74) is 9.92. The first kappa shape index (κ1) is 13.0. The zero-order valence-electron chi connectivity index (χ0n) is 8.93. The van der Waals surface area contributed by atoms with Crippen LogP contribution in [0.5, 0.6) is 0 Å². The van der Waals surface area contributed by atoms with Gasteiger partial charge in [0.05, 0.1) is 5.54 Å². The van der Waals surface area contributed by atoms with Gasteiger partial charge in [0.15, 0.2) is 0 Å². The van der Waals surface area contributed by atoms with Gasteiger partial charge in [-0.15, -0.1) is 12.4 Å². The molecular formula is C11H16BrClN2. The number of hydrogen-bond donors (Lipinski definition) is 2. The van der Waals surface area contributed by atoms with E-state index in [0.717, 1.165) is 17.6 Å². The minimum atomic E-state index is -0.143. The zero-order valence-corrected chi connectivity index (χ0v) is 11.3. The third-order valence-electron chi connectivity index (χ3n) is 2.92. The fourth-order valence-corrected chi connectivity index (χ4v) is 2.36. The Morgan fingerprint density at radius 1 is 1.27 bits per heavy atom. The molecule has 1 aromatic carbocycles. The minimum absolute atomic E-state index is 0. The van der Waals surface area contributed by atoms with E-state index >= 15 is 0 Å². The van der Waals surface area contributed by atoms with Crippen LogP contribution in [-0.2, 0) is 5.54 Å². The maximum absolute atomic E-state index is 6.27. The van der Waals surface area contributed by atoms with Crippen LogP contribution in [0.2, 0.25) is 0 Å². The minimum Gasteiger partial charge on any atom is -0.319 e. The third kappa shape index (κ3) is 2.21. The van der Waals surface area contributed by atoms with Gasteiger partial charge in [-0.25, -0.2) is 0 Å². The van der Waals surface area contributed by atoms with Crippen molar-refractivity contribution in [1.29, 1.82) is 0 Å². The van der Waals surface area contributed by atoms with Crippen LogP contribution in [0.25, 0.3) is 0 Å². The van der Waals surface area contributed by atoms with Crippen molar-refractivity contribution in [3.05, 3.63) is 33.3 Å². The van der Waals surface area contributed by atoms with Gasteiger partial charge < -0.3 is 11.1 Å². The summed E-state index contributed by atoms with van der Waals surface area (Å²) in [6.45, 7) is 5.98. The number of nitrogens with two attached hydrogens (primary N) is 1. The molecule has 0 aliphatic carbocycles. The molecule has 84 valence electrons. The average molecular weight is 292 g/mol. The standard InChI is InChI=1S/C11H15BrN2.ClH/c1-7-4-10(12)8(2)3-9(7)11(13)5-14-6-11;/h3-4,14H,5-6,13H2,1-2H3;1H. The lowest BCUT2D eigenvalue weighted by Crippen LogP contribution is -2.63. The van der Waals surface area contributed by atoms with Gasteiger partial charge >= 0.3 is 0 Å². The quantitative estimate of drug-likeness (QED) is 0.833. The first-order valence-corrected chi connectivity index (χ1v) is 5.59. The molecule has 2 rings (SSSR count). The van der Waals surface area contributed by atoms with Crippen molar-refractivity contribution in [3.8, 4) is 0 Å². The van der Waals surface area contributed by atoms with Crippen molar-refractivity contribution in [2.75, 3.05) is 13.1 Å². The van der Waals surface area contributed by atoms with Gasteiger partial charge in [-0.2, -0.15) is 0 Å². The summed E-state index contributed by atoms with van der Waals surface area (Å²) in [5, 5.41) is 3.22. The predicted octanol–water partition coefficient (Wildman–Crippen LogP) is 2.24.